The first kappa shape index (κ1) is 16.2. The molecule has 0 spiro atoms. The molecule has 0 aliphatic carbocycles. The number of nitrogens with one attached hydrogen (secondary N) is 1. The highest BCUT2D eigenvalue weighted by Gasteiger charge is 2.28. The van der Waals surface area contributed by atoms with E-state index in [9.17, 15) is 8.42 Å². The molecule has 0 saturated heterocycles. The van der Waals surface area contributed by atoms with E-state index in [4.69, 9.17) is 0 Å². The summed E-state index contributed by atoms with van der Waals surface area (Å²) in [6, 6.07) is 7.78. The number of hydrogen-bond acceptors (Lipinski definition) is 3. The summed E-state index contributed by atoms with van der Waals surface area (Å²) in [5.74, 6) is 0.205. The molecule has 0 radical (unpaired) electrons. The number of benzene rings is 1. The monoisotopic (exact) mass is 332 g/mol. The fourth-order valence-corrected chi connectivity index (χ4v) is 4.89. The molecule has 1 aromatic heterocycles. The van der Waals surface area contributed by atoms with Gasteiger partial charge in [-0.15, -0.1) is 0 Å². The predicted octanol–water partition coefficient (Wildman–Crippen LogP) is 4.43. The molecular formula is C18H24N2O2S. The van der Waals surface area contributed by atoms with Crippen molar-refractivity contribution in [2.45, 2.75) is 56.5 Å². The zero-order valence-corrected chi connectivity index (χ0v) is 14.4. The minimum absolute atomic E-state index is 0.0455. The predicted molar refractivity (Wildman–Crippen MR) is 95.0 cm³/mol. The summed E-state index contributed by atoms with van der Waals surface area (Å²) in [6.07, 6.45) is 7.56. The van der Waals surface area contributed by atoms with E-state index in [1.807, 2.05) is 30.5 Å². The molecule has 0 amide bonds. The summed E-state index contributed by atoms with van der Waals surface area (Å²) in [6.45, 7) is 2.08. The summed E-state index contributed by atoms with van der Waals surface area (Å²) in [5.41, 5.74) is 1.75. The van der Waals surface area contributed by atoms with E-state index in [1.165, 1.54) is 0 Å². The number of aromatic amines is 1. The summed E-state index contributed by atoms with van der Waals surface area (Å²) in [7, 11) is -3.30. The smallest absolute Gasteiger partial charge is 0.193 e. The van der Waals surface area contributed by atoms with Crippen LogP contribution in [0.2, 0.25) is 0 Å². The number of aliphatic imine (C=N–C) groups is 1. The van der Waals surface area contributed by atoms with Crippen LogP contribution >= 0.6 is 0 Å². The largest absolute Gasteiger partial charge is 0.345 e. The molecule has 0 bridgehead atoms. The lowest BCUT2D eigenvalue weighted by molar-refractivity contribution is 0.572. The second-order valence-corrected chi connectivity index (χ2v) is 8.26. The van der Waals surface area contributed by atoms with Crippen LogP contribution in [-0.4, -0.2) is 25.4 Å². The van der Waals surface area contributed by atoms with Gasteiger partial charge in [0.2, 0.25) is 0 Å². The van der Waals surface area contributed by atoms with Gasteiger partial charge in [0.15, 0.2) is 9.84 Å². The molecule has 124 valence electrons. The Hall–Kier alpha value is -1.62. The number of hydrogen-bond donors (Lipinski definition) is 1. The first-order chi connectivity index (χ1) is 11.1. The molecule has 2 heterocycles. The summed E-state index contributed by atoms with van der Waals surface area (Å²) >= 11 is 0. The quantitative estimate of drug-likeness (QED) is 0.796. The van der Waals surface area contributed by atoms with Crippen LogP contribution in [0.25, 0.3) is 10.9 Å². The van der Waals surface area contributed by atoms with Gasteiger partial charge in [0.1, 0.15) is 5.03 Å². The fourth-order valence-electron chi connectivity index (χ4n) is 3.26. The highest BCUT2D eigenvalue weighted by Crippen LogP contribution is 2.37. The Labute approximate surface area is 137 Å². The number of sulfone groups is 1. The molecule has 3 rings (SSSR count). The molecule has 1 aromatic carbocycles. The van der Waals surface area contributed by atoms with E-state index in [0.717, 1.165) is 48.6 Å². The Balaban J connectivity index is 2.08. The molecule has 5 heteroatoms. The van der Waals surface area contributed by atoms with Crippen LogP contribution in [0.4, 0.5) is 0 Å². The number of para-hydroxylation sites is 1. The van der Waals surface area contributed by atoms with E-state index in [2.05, 4.69) is 16.9 Å². The lowest BCUT2D eigenvalue weighted by Crippen LogP contribution is -2.12. The van der Waals surface area contributed by atoms with Crippen molar-refractivity contribution >= 4 is 27.0 Å². The molecule has 4 nitrogen and oxygen atoms in total. The van der Waals surface area contributed by atoms with Crippen LogP contribution in [0, 0.1) is 0 Å². The van der Waals surface area contributed by atoms with Crippen molar-refractivity contribution in [2.24, 2.45) is 4.99 Å². The van der Waals surface area contributed by atoms with Crippen LogP contribution in [-0.2, 0) is 9.84 Å². The second kappa shape index (κ2) is 6.87. The maximum Gasteiger partial charge on any atom is 0.193 e. The third-order valence-electron chi connectivity index (χ3n) is 4.47. The zero-order chi connectivity index (χ0) is 16.3. The zero-order valence-electron chi connectivity index (χ0n) is 13.6. The third kappa shape index (κ3) is 3.34. The van der Waals surface area contributed by atoms with Crippen molar-refractivity contribution in [3.05, 3.63) is 29.8 Å². The van der Waals surface area contributed by atoms with Crippen LogP contribution in [0.15, 0.2) is 34.3 Å². The maximum absolute atomic E-state index is 12.9. The van der Waals surface area contributed by atoms with E-state index in [-0.39, 0.29) is 11.8 Å². The Morgan fingerprint density at radius 1 is 1.26 bits per heavy atom. The standard InChI is InChI=1S/C18H24N2O2S/c1-2-3-8-13-23(21,22)18-17(16-11-6-7-12-19-16)14-9-4-5-10-15(14)20-18/h4-5,9-10,12,16,20H,2-3,6-8,11,13H2,1H3. The topological polar surface area (TPSA) is 62.3 Å². The Kier molecular flexibility index (Phi) is 4.85. The molecule has 23 heavy (non-hydrogen) atoms. The van der Waals surface area contributed by atoms with Crippen LogP contribution in [0.3, 0.4) is 0 Å². The molecule has 1 aliphatic heterocycles. The first-order valence-corrected chi connectivity index (χ1v) is 10.1. The first-order valence-electron chi connectivity index (χ1n) is 8.48. The molecule has 1 unspecified atom stereocenters. The molecular weight excluding hydrogens is 308 g/mol. The van der Waals surface area contributed by atoms with Crippen molar-refractivity contribution in [1.29, 1.82) is 0 Å². The molecule has 1 aliphatic rings. The molecule has 1 atom stereocenters. The van der Waals surface area contributed by atoms with E-state index in [0.29, 0.717) is 11.4 Å². The van der Waals surface area contributed by atoms with E-state index in [1.54, 1.807) is 0 Å². The highest BCUT2D eigenvalue weighted by atomic mass is 32.2. The Bertz CT molecular complexity index is 806. The van der Waals surface area contributed by atoms with Gasteiger partial charge in [-0.3, -0.25) is 4.99 Å². The average molecular weight is 332 g/mol. The summed E-state index contributed by atoms with van der Waals surface area (Å²) < 4.78 is 25.7. The van der Waals surface area contributed by atoms with Crippen molar-refractivity contribution in [1.82, 2.24) is 4.98 Å². The molecule has 0 saturated carbocycles. The van der Waals surface area contributed by atoms with Gasteiger partial charge >= 0.3 is 0 Å². The lowest BCUT2D eigenvalue weighted by Gasteiger charge is -2.17. The van der Waals surface area contributed by atoms with Crippen LogP contribution < -0.4 is 0 Å². The lowest BCUT2D eigenvalue weighted by atomic mass is 9.99. The van der Waals surface area contributed by atoms with Crippen molar-refractivity contribution in [3.63, 3.8) is 0 Å². The maximum atomic E-state index is 12.9. The van der Waals surface area contributed by atoms with Crippen molar-refractivity contribution in [2.75, 3.05) is 5.75 Å². The molecule has 0 fully saturated rings. The van der Waals surface area contributed by atoms with Crippen LogP contribution in [0.5, 0.6) is 0 Å². The molecule has 1 N–H and O–H groups in total. The van der Waals surface area contributed by atoms with Gasteiger partial charge in [-0.2, -0.15) is 0 Å². The number of unbranched alkanes of at least 4 members (excludes halogenated alkanes) is 2. The Morgan fingerprint density at radius 2 is 2.09 bits per heavy atom. The van der Waals surface area contributed by atoms with Gasteiger partial charge in [0.25, 0.3) is 0 Å². The fraction of sp³-hybridized carbons (Fsp3) is 0.500. The minimum atomic E-state index is -3.30. The average Bonchev–Trinajstić information content (AvgIpc) is 2.96. The van der Waals surface area contributed by atoms with Gasteiger partial charge in [0, 0.05) is 16.5 Å². The normalized spacial score (nSPS) is 18.6. The third-order valence-corrected chi connectivity index (χ3v) is 6.24. The van der Waals surface area contributed by atoms with Gasteiger partial charge < -0.3 is 4.98 Å². The van der Waals surface area contributed by atoms with E-state index >= 15 is 0 Å². The summed E-state index contributed by atoms with van der Waals surface area (Å²) in [5, 5.41) is 1.38. The number of aromatic nitrogens is 1. The van der Waals surface area contributed by atoms with Gasteiger partial charge in [-0.25, -0.2) is 8.42 Å². The van der Waals surface area contributed by atoms with Crippen LogP contribution in [0.1, 0.15) is 57.1 Å². The number of nitrogens with zero attached hydrogens (tertiary/aromatic N) is 1. The SMILES string of the molecule is CCCCCS(=O)(=O)c1[nH]c2ccccc2c1C1CCCC=N1. The van der Waals surface area contributed by atoms with Crippen molar-refractivity contribution < 1.29 is 8.42 Å². The number of fused-ring (bicyclic) bond motifs is 1. The van der Waals surface area contributed by atoms with E-state index < -0.39 is 9.84 Å². The van der Waals surface area contributed by atoms with Crippen molar-refractivity contribution in [3.8, 4) is 0 Å². The number of H-pyrrole nitrogens is 1. The second-order valence-electron chi connectivity index (χ2n) is 6.22. The summed E-state index contributed by atoms with van der Waals surface area (Å²) in [4.78, 5) is 7.75. The highest BCUT2D eigenvalue weighted by molar-refractivity contribution is 7.91. The van der Waals surface area contributed by atoms with Gasteiger partial charge in [0.05, 0.1) is 11.8 Å². The number of rotatable bonds is 6. The minimum Gasteiger partial charge on any atom is -0.345 e. The van der Waals surface area contributed by atoms with Gasteiger partial charge in [-0.05, 0) is 38.0 Å². The molecule has 2 aromatic rings. The Morgan fingerprint density at radius 3 is 2.83 bits per heavy atom. The van der Waals surface area contributed by atoms with Gasteiger partial charge in [-0.1, -0.05) is 38.0 Å².